The van der Waals surface area contributed by atoms with E-state index >= 15 is 0 Å². The summed E-state index contributed by atoms with van der Waals surface area (Å²) in [6.07, 6.45) is 13.3. The molecule has 1 N–H and O–H groups in total. The number of thioether (sulfide) groups is 1. The largest absolute Gasteiger partial charge is 0.370 e. The third kappa shape index (κ3) is 4.15. The summed E-state index contributed by atoms with van der Waals surface area (Å²) in [4.78, 5) is 0. The summed E-state index contributed by atoms with van der Waals surface area (Å²) in [5, 5.41) is 3.55. The molecule has 1 aliphatic heterocycles. The fourth-order valence-electron chi connectivity index (χ4n) is 3.21. The van der Waals surface area contributed by atoms with Crippen LogP contribution < -0.4 is 5.32 Å². The van der Waals surface area contributed by atoms with E-state index in [2.05, 4.69) is 11.6 Å². The molecule has 100 valence electrons. The van der Waals surface area contributed by atoms with E-state index in [9.17, 15) is 0 Å². The van der Waals surface area contributed by atoms with Gasteiger partial charge in [-0.05, 0) is 50.7 Å². The van der Waals surface area contributed by atoms with Crippen LogP contribution >= 0.6 is 11.8 Å². The van der Waals surface area contributed by atoms with Crippen molar-refractivity contribution < 1.29 is 4.74 Å². The lowest BCUT2D eigenvalue weighted by molar-refractivity contribution is -0.0622. The highest BCUT2D eigenvalue weighted by molar-refractivity contribution is 7.98. The molecule has 2 rings (SSSR count). The summed E-state index contributed by atoms with van der Waals surface area (Å²) in [5.74, 6) is 1.27. The third-order valence-corrected chi connectivity index (χ3v) is 4.87. The maximum Gasteiger partial charge on any atom is 0.0708 e. The topological polar surface area (TPSA) is 21.3 Å². The summed E-state index contributed by atoms with van der Waals surface area (Å²) >= 11 is 1.93. The lowest BCUT2D eigenvalue weighted by Gasteiger charge is -2.33. The van der Waals surface area contributed by atoms with E-state index in [0.717, 1.165) is 13.1 Å². The van der Waals surface area contributed by atoms with E-state index in [4.69, 9.17) is 4.74 Å². The fraction of sp³-hybridized carbons (Fsp3) is 1.00. The average Bonchev–Trinajstić information content (AvgIpc) is 2.73. The molecule has 0 aromatic rings. The first-order chi connectivity index (χ1) is 8.35. The molecule has 1 aliphatic carbocycles. The number of hydrogen-bond acceptors (Lipinski definition) is 3. The van der Waals surface area contributed by atoms with Gasteiger partial charge in [-0.1, -0.05) is 19.3 Å². The molecule has 1 heterocycles. The van der Waals surface area contributed by atoms with Gasteiger partial charge in [0.15, 0.2) is 0 Å². The Morgan fingerprint density at radius 3 is 2.82 bits per heavy atom. The second-order valence-electron chi connectivity index (χ2n) is 5.57. The van der Waals surface area contributed by atoms with Crippen LogP contribution in [0, 0.1) is 0 Å². The predicted molar refractivity (Wildman–Crippen MR) is 75.8 cm³/mol. The van der Waals surface area contributed by atoms with Crippen LogP contribution in [0.1, 0.15) is 51.4 Å². The molecule has 0 aromatic carbocycles. The van der Waals surface area contributed by atoms with Gasteiger partial charge in [-0.3, -0.25) is 0 Å². The Bertz CT molecular complexity index is 216. The average molecular weight is 257 g/mol. The van der Waals surface area contributed by atoms with Crippen molar-refractivity contribution in [3.63, 3.8) is 0 Å². The molecule has 1 atom stereocenters. The van der Waals surface area contributed by atoms with Crippen LogP contribution in [0.25, 0.3) is 0 Å². The first kappa shape index (κ1) is 13.7. The van der Waals surface area contributed by atoms with Crippen molar-refractivity contribution in [1.82, 2.24) is 5.32 Å². The monoisotopic (exact) mass is 257 g/mol. The lowest BCUT2D eigenvalue weighted by atomic mass is 9.83. The molecule has 2 nitrogen and oxygen atoms in total. The Morgan fingerprint density at radius 1 is 1.24 bits per heavy atom. The zero-order chi connectivity index (χ0) is 12.0. The smallest absolute Gasteiger partial charge is 0.0708 e. The zero-order valence-corrected chi connectivity index (χ0v) is 12.0. The van der Waals surface area contributed by atoms with Gasteiger partial charge in [0.05, 0.1) is 11.7 Å². The minimum atomic E-state index is 0.296. The molecular weight excluding hydrogens is 230 g/mol. The highest BCUT2D eigenvalue weighted by Crippen LogP contribution is 2.41. The molecule has 0 bridgehead atoms. The van der Waals surface area contributed by atoms with Gasteiger partial charge >= 0.3 is 0 Å². The molecule has 2 fully saturated rings. The molecule has 1 saturated carbocycles. The molecule has 3 heteroatoms. The van der Waals surface area contributed by atoms with Gasteiger partial charge in [0.2, 0.25) is 0 Å². The minimum absolute atomic E-state index is 0.296. The molecule has 17 heavy (non-hydrogen) atoms. The highest BCUT2D eigenvalue weighted by Gasteiger charge is 2.40. The predicted octanol–water partition coefficient (Wildman–Crippen LogP) is 3.21. The normalized spacial score (nSPS) is 27.7. The quantitative estimate of drug-likeness (QED) is 0.738. The van der Waals surface area contributed by atoms with Crippen molar-refractivity contribution in [2.45, 2.75) is 63.1 Å². The maximum atomic E-state index is 6.33. The summed E-state index contributed by atoms with van der Waals surface area (Å²) in [5.41, 5.74) is 0.296. The SMILES string of the molecule is CSCCCNCC1CCC2(CCCCC2)O1. The Kier molecular flexibility index (Phi) is 5.64. The molecule has 1 unspecified atom stereocenters. The first-order valence-corrected chi connectivity index (χ1v) is 8.61. The Hall–Kier alpha value is 0.270. The number of rotatable bonds is 6. The summed E-state index contributed by atoms with van der Waals surface area (Å²) in [7, 11) is 0. The number of ether oxygens (including phenoxy) is 1. The minimum Gasteiger partial charge on any atom is -0.370 e. The molecule has 1 spiro atoms. The fourth-order valence-corrected chi connectivity index (χ4v) is 3.64. The standard InChI is InChI=1S/C14H27NOS/c1-17-11-5-10-15-12-13-6-9-14(16-13)7-3-2-4-8-14/h13,15H,2-12H2,1H3. The van der Waals surface area contributed by atoms with Gasteiger partial charge in [-0.25, -0.2) is 0 Å². The maximum absolute atomic E-state index is 6.33. The van der Waals surface area contributed by atoms with Crippen molar-refractivity contribution >= 4 is 11.8 Å². The summed E-state index contributed by atoms with van der Waals surface area (Å²) < 4.78 is 6.33. The van der Waals surface area contributed by atoms with E-state index in [1.165, 1.54) is 57.1 Å². The van der Waals surface area contributed by atoms with Crippen molar-refractivity contribution in [2.75, 3.05) is 25.1 Å². The number of hydrogen-bond donors (Lipinski definition) is 1. The van der Waals surface area contributed by atoms with Crippen molar-refractivity contribution in [3.05, 3.63) is 0 Å². The Morgan fingerprint density at radius 2 is 2.06 bits per heavy atom. The van der Waals surface area contributed by atoms with Gasteiger partial charge in [-0.2, -0.15) is 11.8 Å². The van der Waals surface area contributed by atoms with Crippen LogP contribution in [-0.4, -0.2) is 36.8 Å². The molecule has 0 aromatic heterocycles. The van der Waals surface area contributed by atoms with Gasteiger partial charge in [0, 0.05) is 6.54 Å². The van der Waals surface area contributed by atoms with E-state index in [-0.39, 0.29) is 0 Å². The first-order valence-electron chi connectivity index (χ1n) is 7.22. The molecule has 1 saturated heterocycles. The van der Waals surface area contributed by atoms with Crippen molar-refractivity contribution in [2.24, 2.45) is 0 Å². The van der Waals surface area contributed by atoms with Crippen molar-refractivity contribution in [3.8, 4) is 0 Å². The number of nitrogens with one attached hydrogen (secondary N) is 1. The van der Waals surface area contributed by atoms with Gasteiger partial charge in [0.25, 0.3) is 0 Å². The van der Waals surface area contributed by atoms with Crippen LogP contribution in [-0.2, 0) is 4.74 Å². The highest BCUT2D eigenvalue weighted by atomic mass is 32.2. The van der Waals surface area contributed by atoms with Crippen LogP contribution in [0.15, 0.2) is 0 Å². The van der Waals surface area contributed by atoms with Crippen LogP contribution in [0.5, 0.6) is 0 Å². The van der Waals surface area contributed by atoms with Gasteiger partial charge in [0.1, 0.15) is 0 Å². The van der Waals surface area contributed by atoms with E-state index in [1.807, 2.05) is 11.8 Å². The van der Waals surface area contributed by atoms with Crippen LogP contribution in [0.4, 0.5) is 0 Å². The molecule has 0 amide bonds. The molecule has 2 aliphatic rings. The van der Waals surface area contributed by atoms with E-state index in [0.29, 0.717) is 11.7 Å². The summed E-state index contributed by atoms with van der Waals surface area (Å²) in [6.45, 7) is 2.21. The summed E-state index contributed by atoms with van der Waals surface area (Å²) in [6, 6.07) is 0. The molecule has 0 radical (unpaired) electrons. The van der Waals surface area contributed by atoms with Gasteiger partial charge in [-0.15, -0.1) is 0 Å². The third-order valence-electron chi connectivity index (χ3n) is 4.18. The molecular formula is C14H27NOS. The van der Waals surface area contributed by atoms with Crippen LogP contribution in [0.2, 0.25) is 0 Å². The second kappa shape index (κ2) is 7.01. The zero-order valence-electron chi connectivity index (χ0n) is 11.2. The second-order valence-corrected chi connectivity index (χ2v) is 6.56. The Labute approximate surface area is 110 Å². The van der Waals surface area contributed by atoms with E-state index < -0.39 is 0 Å². The Balaban J connectivity index is 1.60. The van der Waals surface area contributed by atoms with Crippen LogP contribution in [0.3, 0.4) is 0 Å². The van der Waals surface area contributed by atoms with E-state index in [1.54, 1.807) is 0 Å². The lowest BCUT2D eigenvalue weighted by Crippen LogP contribution is -2.34. The van der Waals surface area contributed by atoms with Crippen molar-refractivity contribution in [1.29, 1.82) is 0 Å². The van der Waals surface area contributed by atoms with Gasteiger partial charge < -0.3 is 10.1 Å².